The first kappa shape index (κ1) is 16.5. The van der Waals surface area contributed by atoms with E-state index < -0.39 is 6.10 Å². The minimum atomic E-state index is -0.728. The highest BCUT2D eigenvalue weighted by Crippen LogP contribution is 2.21. The zero-order valence-corrected chi connectivity index (χ0v) is 12.4. The summed E-state index contributed by atoms with van der Waals surface area (Å²) in [5.41, 5.74) is 0.730. The van der Waals surface area contributed by atoms with Crippen molar-refractivity contribution in [1.29, 1.82) is 0 Å². The van der Waals surface area contributed by atoms with E-state index in [1.54, 1.807) is 19.1 Å². The number of hydrogen-bond acceptors (Lipinski definition) is 5. The molecule has 1 rings (SSSR count). The van der Waals surface area contributed by atoms with Crippen LogP contribution in [-0.4, -0.2) is 35.4 Å². The normalized spacial score (nSPS) is 11.8. The molecule has 0 heterocycles. The molecule has 6 heteroatoms. The van der Waals surface area contributed by atoms with Gasteiger partial charge in [0.2, 0.25) is 5.91 Å². The van der Waals surface area contributed by atoms with Gasteiger partial charge in [-0.1, -0.05) is 0 Å². The number of esters is 1. The monoisotopic (exact) mass is 297 g/mol. The van der Waals surface area contributed by atoms with Crippen molar-refractivity contribution in [3.8, 4) is 0 Å². The number of carbonyl (C=O) groups excluding carboxylic acids is 2. The van der Waals surface area contributed by atoms with Crippen LogP contribution in [0, 0.1) is 0 Å². The average molecular weight is 297 g/mol. The minimum Gasteiger partial charge on any atom is -0.466 e. The van der Waals surface area contributed by atoms with Crippen molar-refractivity contribution in [2.75, 3.05) is 17.7 Å². The minimum absolute atomic E-state index is 0.00478. The number of amides is 1. The lowest BCUT2D eigenvalue weighted by Crippen LogP contribution is -2.17. The average Bonchev–Trinajstić information content (AvgIpc) is 2.37. The third-order valence-corrected chi connectivity index (χ3v) is 3.48. The third kappa shape index (κ3) is 6.58. The van der Waals surface area contributed by atoms with Gasteiger partial charge >= 0.3 is 5.97 Å². The maximum Gasteiger partial charge on any atom is 0.308 e. The van der Waals surface area contributed by atoms with Crippen LogP contribution in [0.1, 0.15) is 20.3 Å². The van der Waals surface area contributed by atoms with Crippen molar-refractivity contribution in [2.24, 2.45) is 0 Å². The quantitative estimate of drug-likeness (QED) is 0.595. The number of thioether (sulfide) groups is 1. The van der Waals surface area contributed by atoms with Gasteiger partial charge in [0.05, 0.1) is 19.1 Å². The summed E-state index contributed by atoms with van der Waals surface area (Å²) in [6, 6.07) is 7.29. The maximum absolute atomic E-state index is 11.2. The van der Waals surface area contributed by atoms with E-state index in [9.17, 15) is 14.7 Å². The summed E-state index contributed by atoms with van der Waals surface area (Å²) in [6.07, 6.45) is -0.723. The fourth-order valence-corrected chi connectivity index (χ4v) is 2.33. The summed E-state index contributed by atoms with van der Waals surface area (Å²) in [6.45, 7) is 3.51. The third-order valence-electron chi connectivity index (χ3n) is 2.32. The molecule has 0 saturated carbocycles. The molecule has 20 heavy (non-hydrogen) atoms. The number of rotatable bonds is 7. The lowest BCUT2D eigenvalue weighted by atomic mass is 10.3. The second kappa shape index (κ2) is 8.60. The van der Waals surface area contributed by atoms with Gasteiger partial charge in [0, 0.05) is 23.3 Å². The standard InChI is InChI=1S/C14H19NO4S/c1-3-19-14(18)8-12(17)9-20-13-6-4-11(5-7-13)15-10(2)16/h4-7,12,17H,3,8-9H2,1-2H3,(H,15,16). The summed E-state index contributed by atoms with van der Waals surface area (Å²) >= 11 is 1.45. The van der Waals surface area contributed by atoms with E-state index in [0.717, 1.165) is 10.6 Å². The van der Waals surface area contributed by atoms with E-state index in [4.69, 9.17) is 4.74 Å². The van der Waals surface area contributed by atoms with Gasteiger partial charge in [-0.2, -0.15) is 0 Å². The molecular weight excluding hydrogens is 278 g/mol. The molecule has 1 aromatic carbocycles. The van der Waals surface area contributed by atoms with E-state index in [1.807, 2.05) is 12.1 Å². The Morgan fingerprint density at radius 2 is 2.00 bits per heavy atom. The van der Waals surface area contributed by atoms with Crippen LogP contribution >= 0.6 is 11.8 Å². The van der Waals surface area contributed by atoms with Crippen LogP contribution in [0.3, 0.4) is 0 Å². The van der Waals surface area contributed by atoms with Gasteiger partial charge in [-0.05, 0) is 31.2 Å². The van der Waals surface area contributed by atoms with Crippen LogP contribution in [0.5, 0.6) is 0 Å². The second-order valence-electron chi connectivity index (χ2n) is 4.18. The summed E-state index contributed by atoms with van der Waals surface area (Å²) in [5, 5.41) is 12.4. The molecule has 0 spiro atoms. The van der Waals surface area contributed by atoms with Crippen molar-refractivity contribution in [3.05, 3.63) is 24.3 Å². The number of carbonyl (C=O) groups is 2. The van der Waals surface area contributed by atoms with Gasteiger partial charge in [0.25, 0.3) is 0 Å². The predicted octanol–water partition coefficient (Wildman–Crippen LogP) is 2.05. The summed E-state index contributed by atoms with van der Waals surface area (Å²) in [4.78, 5) is 23.0. The molecule has 1 unspecified atom stereocenters. The number of anilines is 1. The van der Waals surface area contributed by atoms with Crippen molar-refractivity contribution in [2.45, 2.75) is 31.3 Å². The van der Waals surface area contributed by atoms with E-state index in [0.29, 0.717) is 12.4 Å². The Hall–Kier alpha value is -1.53. The Bertz CT molecular complexity index is 447. The molecule has 1 aromatic rings. The molecule has 0 aliphatic heterocycles. The number of aliphatic hydroxyl groups is 1. The van der Waals surface area contributed by atoms with Gasteiger partial charge in [-0.25, -0.2) is 0 Å². The number of nitrogens with one attached hydrogen (secondary N) is 1. The topological polar surface area (TPSA) is 75.6 Å². The van der Waals surface area contributed by atoms with Crippen LogP contribution in [0.25, 0.3) is 0 Å². The molecule has 5 nitrogen and oxygen atoms in total. The largest absolute Gasteiger partial charge is 0.466 e. The second-order valence-corrected chi connectivity index (χ2v) is 5.27. The molecule has 110 valence electrons. The van der Waals surface area contributed by atoms with Crippen molar-refractivity contribution in [1.82, 2.24) is 0 Å². The van der Waals surface area contributed by atoms with Crippen LogP contribution in [0.2, 0.25) is 0 Å². The van der Waals surface area contributed by atoms with Crippen LogP contribution in [0.4, 0.5) is 5.69 Å². The Kier molecular flexibility index (Phi) is 7.11. The lowest BCUT2D eigenvalue weighted by molar-refractivity contribution is -0.145. The zero-order valence-electron chi connectivity index (χ0n) is 11.6. The highest BCUT2D eigenvalue weighted by molar-refractivity contribution is 7.99. The molecule has 1 amide bonds. The number of benzene rings is 1. The molecule has 0 fully saturated rings. The first-order chi connectivity index (χ1) is 9.51. The van der Waals surface area contributed by atoms with Crippen LogP contribution < -0.4 is 5.32 Å². The van der Waals surface area contributed by atoms with Gasteiger partial charge in [-0.3, -0.25) is 9.59 Å². The molecule has 0 saturated heterocycles. The Balaban J connectivity index is 2.37. The number of aliphatic hydroxyl groups excluding tert-OH is 1. The fraction of sp³-hybridized carbons (Fsp3) is 0.429. The number of ether oxygens (including phenoxy) is 1. The molecule has 1 atom stereocenters. The first-order valence-electron chi connectivity index (χ1n) is 6.35. The lowest BCUT2D eigenvalue weighted by Gasteiger charge is -2.10. The van der Waals surface area contributed by atoms with Crippen molar-refractivity contribution in [3.63, 3.8) is 0 Å². The maximum atomic E-state index is 11.2. The summed E-state index contributed by atoms with van der Waals surface area (Å²) in [7, 11) is 0. The first-order valence-corrected chi connectivity index (χ1v) is 7.34. The van der Waals surface area contributed by atoms with Crippen molar-refractivity contribution < 1.29 is 19.4 Å². The summed E-state index contributed by atoms with van der Waals surface area (Å²) < 4.78 is 4.77. The van der Waals surface area contributed by atoms with Gasteiger partial charge < -0.3 is 15.2 Å². The Morgan fingerprint density at radius 3 is 2.55 bits per heavy atom. The molecular formula is C14H19NO4S. The predicted molar refractivity (Wildman–Crippen MR) is 78.7 cm³/mol. The number of hydrogen-bond donors (Lipinski definition) is 2. The molecule has 0 aliphatic rings. The van der Waals surface area contributed by atoms with Gasteiger partial charge in [0.1, 0.15) is 0 Å². The zero-order chi connectivity index (χ0) is 15.0. The van der Waals surface area contributed by atoms with Crippen molar-refractivity contribution >= 4 is 29.3 Å². The highest BCUT2D eigenvalue weighted by Gasteiger charge is 2.12. The van der Waals surface area contributed by atoms with E-state index in [1.165, 1.54) is 18.7 Å². The molecule has 0 aromatic heterocycles. The molecule has 0 radical (unpaired) electrons. The summed E-state index contributed by atoms with van der Waals surface area (Å²) in [5.74, 6) is -0.0879. The van der Waals surface area contributed by atoms with E-state index >= 15 is 0 Å². The Morgan fingerprint density at radius 1 is 1.35 bits per heavy atom. The fourth-order valence-electron chi connectivity index (χ4n) is 1.50. The van der Waals surface area contributed by atoms with Gasteiger partial charge in [0.15, 0.2) is 0 Å². The SMILES string of the molecule is CCOC(=O)CC(O)CSc1ccc(NC(C)=O)cc1. The Labute approximate surface area is 122 Å². The van der Waals surface area contributed by atoms with E-state index in [-0.39, 0.29) is 18.3 Å². The molecule has 2 N–H and O–H groups in total. The van der Waals surface area contributed by atoms with E-state index in [2.05, 4.69) is 5.32 Å². The van der Waals surface area contributed by atoms with Crippen LogP contribution in [-0.2, 0) is 14.3 Å². The van der Waals surface area contributed by atoms with Gasteiger partial charge in [-0.15, -0.1) is 11.8 Å². The molecule has 0 aliphatic carbocycles. The smallest absolute Gasteiger partial charge is 0.308 e. The molecule has 0 bridgehead atoms. The highest BCUT2D eigenvalue weighted by atomic mass is 32.2. The van der Waals surface area contributed by atoms with Crippen LogP contribution in [0.15, 0.2) is 29.2 Å².